The van der Waals surface area contributed by atoms with Crippen LogP contribution in [0.15, 0.2) is 47.5 Å². The maximum absolute atomic E-state index is 13.7. The van der Waals surface area contributed by atoms with E-state index in [4.69, 9.17) is 39.4 Å². The van der Waals surface area contributed by atoms with Gasteiger partial charge in [0.15, 0.2) is 5.96 Å². The first kappa shape index (κ1) is 32.7. The van der Waals surface area contributed by atoms with Crippen LogP contribution >= 0.6 is 23.2 Å². The second-order valence-corrected chi connectivity index (χ2v) is 11.0. The highest BCUT2D eigenvalue weighted by molar-refractivity contribution is 6.34. The van der Waals surface area contributed by atoms with Crippen LogP contribution in [-0.2, 0) is 4.79 Å². The molecule has 0 bridgehead atoms. The summed E-state index contributed by atoms with van der Waals surface area (Å²) in [4.78, 5) is 35.4. The van der Waals surface area contributed by atoms with Crippen LogP contribution < -0.4 is 26.8 Å². The molecule has 2 atom stereocenters. The lowest BCUT2D eigenvalue weighted by Crippen LogP contribution is -2.48. The van der Waals surface area contributed by atoms with Crippen molar-refractivity contribution in [1.82, 2.24) is 25.4 Å². The first-order chi connectivity index (χ1) is 20.0. The third-order valence-electron chi connectivity index (χ3n) is 6.25. The highest BCUT2D eigenvalue weighted by Gasteiger charge is 2.27. The number of carbonyl (C=O) groups is 2. The Hall–Kier alpha value is -3.83. The number of hydrogen-bond donors (Lipinski definition) is 4. The Morgan fingerprint density at radius 1 is 1.10 bits per heavy atom. The van der Waals surface area contributed by atoms with Crippen LogP contribution in [0.5, 0.6) is 5.75 Å². The molecule has 0 saturated carbocycles. The highest BCUT2D eigenvalue weighted by Crippen LogP contribution is 2.30. The topological polar surface area (TPSA) is 163 Å². The second-order valence-electron chi connectivity index (χ2n) is 10.2. The van der Waals surface area contributed by atoms with E-state index in [0.29, 0.717) is 53.3 Å². The smallest absolute Gasteiger partial charge is 0.291 e. The van der Waals surface area contributed by atoms with Gasteiger partial charge in [0.1, 0.15) is 17.6 Å². The molecule has 0 aliphatic heterocycles. The van der Waals surface area contributed by atoms with Crippen LogP contribution in [0.2, 0.25) is 10.0 Å². The van der Waals surface area contributed by atoms with Crippen LogP contribution in [0.4, 0.5) is 0 Å². The molecule has 1 aromatic heterocycles. The normalized spacial score (nSPS) is 12.5. The molecule has 0 radical (unpaired) electrons. The first-order valence-electron chi connectivity index (χ1n) is 13.8. The number of nitrogens with two attached hydrogens (primary N) is 2. The predicted molar refractivity (Wildman–Crippen MR) is 165 cm³/mol. The van der Waals surface area contributed by atoms with Gasteiger partial charge in [-0.15, -0.1) is 5.10 Å². The number of amides is 2. The Morgan fingerprint density at radius 3 is 2.43 bits per heavy atom. The molecule has 2 unspecified atom stereocenters. The zero-order chi connectivity index (χ0) is 30.8. The van der Waals surface area contributed by atoms with Gasteiger partial charge in [0, 0.05) is 22.2 Å². The summed E-state index contributed by atoms with van der Waals surface area (Å²) in [5.74, 6) is 0.297. The fraction of sp³-hybridized carbons (Fsp3) is 0.414. The minimum absolute atomic E-state index is 0.0455. The molecule has 0 saturated heterocycles. The lowest BCUT2D eigenvalue weighted by Gasteiger charge is -2.26. The number of aryl methyl sites for hydroxylation is 1. The molecule has 2 aromatic carbocycles. The van der Waals surface area contributed by atoms with Gasteiger partial charge in [-0.1, -0.05) is 55.2 Å². The van der Waals surface area contributed by atoms with Gasteiger partial charge in [0.05, 0.1) is 18.3 Å². The minimum Gasteiger partial charge on any atom is -0.494 e. The molecule has 0 aliphatic rings. The van der Waals surface area contributed by atoms with Crippen molar-refractivity contribution < 1.29 is 14.3 Å². The number of aromatic nitrogens is 3. The molecule has 13 heteroatoms. The summed E-state index contributed by atoms with van der Waals surface area (Å²) in [7, 11) is 0. The molecule has 1 heterocycles. The fourth-order valence-electron chi connectivity index (χ4n) is 4.45. The van der Waals surface area contributed by atoms with Crippen molar-refractivity contribution in [3.63, 3.8) is 0 Å². The number of nitrogens with one attached hydrogen (secondary N) is 2. The van der Waals surface area contributed by atoms with E-state index in [9.17, 15) is 9.59 Å². The van der Waals surface area contributed by atoms with Crippen molar-refractivity contribution >= 4 is 41.0 Å². The van der Waals surface area contributed by atoms with Gasteiger partial charge in [-0.2, -0.15) is 0 Å². The minimum atomic E-state index is -0.909. The maximum Gasteiger partial charge on any atom is 0.291 e. The first-order valence-corrected chi connectivity index (χ1v) is 14.5. The Morgan fingerprint density at radius 2 is 1.79 bits per heavy atom. The van der Waals surface area contributed by atoms with Crippen LogP contribution in [0, 0.1) is 12.8 Å². The molecule has 0 spiro atoms. The fourth-order valence-corrected chi connectivity index (χ4v) is 4.96. The highest BCUT2D eigenvalue weighted by atomic mass is 35.5. The van der Waals surface area contributed by atoms with E-state index >= 15 is 0 Å². The van der Waals surface area contributed by atoms with Gasteiger partial charge >= 0.3 is 0 Å². The van der Waals surface area contributed by atoms with E-state index in [1.807, 2.05) is 31.2 Å². The van der Waals surface area contributed by atoms with Crippen molar-refractivity contribution in [2.24, 2.45) is 22.4 Å². The summed E-state index contributed by atoms with van der Waals surface area (Å²) in [6, 6.07) is 11.3. The van der Waals surface area contributed by atoms with Crippen LogP contribution in [0.25, 0.3) is 5.69 Å². The predicted octanol–water partition coefficient (Wildman–Crippen LogP) is 4.34. The zero-order valence-corrected chi connectivity index (χ0v) is 25.7. The average Bonchev–Trinajstić information content (AvgIpc) is 3.31. The molecular weight excluding hydrogens is 579 g/mol. The monoisotopic (exact) mass is 616 g/mol. The molecule has 226 valence electrons. The number of rotatable bonds is 14. The average molecular weight is 618 g/mol. The maximum atomic E-state index is 13.7. The number of guanidine groups is 1. The number of benzene rings is 2. The number of halogens is 2. The molecule has 42 heavy (non-hydrogen) atoms. The molecule has 2 amide bonds. The van der Waals surface area contributed by atoms with Gasteiger partial charge < -0.3 is 26.8 Å². The van der Waals surface area contributed by atoms with Crippen molar-refractivity contribution in [1.29, 1.82) is 0 Å². The van der Waals surface area contributed by atoms with Crippen molar-refractivity contribution in [3.8, 4) is 11.4 Å². The number of ether oxygens (including phenoxy) is 1. The standard InChI is InChI=1S/C29H38Cl2N8O3/c1-5-42-25-11-7-6-9-22(25)24(13-17(2)3)37-27(40)23(10-8-12-34-29(32)33)36-28(41)26-35-18(4)39(38-26)21-15-19(30)14-20(31)16-21/h6-7,9,11,14-17,23-24H,5,8,10,12-13H2,1-4H3,(H,36,41)(H,37,40)(H4,32,33,34). The summed E-state index contributed by atoms with van der Waals surface area (Å²) in [5, 5.41) is 11.1. The van der Waals surface area contributed by atoms with Gasteiger partial charge in [0.2, 0.25) is 11.7 Å². The van der Waals surface area contributed by atoms with Crippen molar-refractivity contribution in [3.05, 3.63) is 69.7 Å². The van der Waals surface area contributed by atoms with Crippen molar-refractivity contribution in [2.45, 2.75) is 59.0 Å². The SMILES string of the molecule is CCOc1ccccc1C(CC(C)C)NC(=O)C(CCCN=C(N)N)NC(=O)c1nc(C)n(-c2cc(Cl)cc(Cl)c2)n1. The second kappa shape index (κ2) is 15.4. The van der Waals surface area contributed by atoms with Gasteiger partial charge in [0.25, 0.3) is 5.91 Å². The van der Waals surface area contributed by atoms with Gasteiger partial charge in [-0.25, -0.2) is 9.67 Å². The van der Waals surface area contributed by atoms with Crippen LogP contribution in [0.1, 0.15) is 68.1 Å². The molecule has 6 N–H and O–H groups in total. The van der Waals surface area contributed by atoms with E-state index < -0.39 is 11.9 Å². The summed E-state index contributed by atoms with van der Waals surface area (Å²) in [5.41, 5.74) is 12.3. The summed E-state index contributed by atoms with van der Waals surface area (Å²) < 4.78 is 7.30. The quantitative estimate of drug-likeness (QED) is 0.119. The van der Waals surface area contributed by atoms with Gasteiger partial charge in [-0.05, 0) is 63.3 Å². The van der Waals surface area contributed by atoms with Crippen LogP contribution in [-0.4, -0.2) is 51.7 Å². The molecule has 3 rings (SSSR count). The van der Waals surface area contributed by atoms with E-state index in [2.05, 4.69) is 39.6 Å². The third kappa shape index (κ3) is 9.35. The Labute approximate surface area is 256 Å². The van der Waals surface area contributed by atoms with E-state index in [1.54, 1.807) is 25.1 Å². The molecular formula is C29H38Cl2N8O3. The largest absolute Gasteiger partial charge is 0.494 e. The lowest BCUT2D eigenvalue weighted by molar-refractivity contribution is -0.124. The van der Waals surface area contributed by atoms with E-state index in [-0.39, 0.29) is 36.1 Å². The molecule has 0 fully saturated rings. The van der Waals surface area contributed by atoms with E-state index in [0.717, 1.165) is 5.56 Å². The van der Waals surface area contributed by atoms with Crippen LogP contribution in [0.3, 0.4) is 0 Å². The van der Waals surface area contributed by atoms with E-state index in [1.165, 1.54) is 4.68 Å². The molecule has 0 aliphatic carbocycles. The number of aliphatic imine (C=N–C) groups is 1. The summed E-state index contributed by atoms with van der Waals surface area (Å²) >= 11 is 12.3. The Kier molecular flexibility index (Phi) is 12.0. The zero-order valence-electron chi connectivity index (χ0n) is 24.2. The Balaban J connectivity index is 1.86. The third-order valence-corrected chi connectivity index (χ3v) is 6.69. The lowest BCUT2D eigenvalue weighted by atomic mass is 9.95. The number of carbonyl (C=O) groups excluding carboxylic acids is 2. The van der Waals surface area contributed by atoms with Gasteiger partial charge in [-0.3, -0.25) is 14.6 Å². The number of hydrogen-bond acceptors (Lipinski definition) is 6. The molecule has 3 aromatic rings. The summed E-state index contributed by atoms with van der Waals surface area (Å²) in [6.07, 6.45) is 1.39. The summed E-state index contributed by atoms with van der Waals surface area (Å²) in [6.45, 7) is 8.55. The van der Waals surface area contributed by atoms with Crippen molar-refractivity contribution in [2.75, 3.05) is 13.2 Å². The number of nitrogens with zero attached hydrogens (tertiary/aromatic N) is 4. The molecule has 11 nitrogen and oxygen atoms in total. The number of para-hydroxylation sites is 1. The Bertz CT molecular complexity index is 1390.